The number of carboxylic acids is 1. The lowest BCUT2D eigenvalue weighted by molar-refractivity contribution is 0.0697. The van der Waals surface area contributed by atoms with Crippen LogP contribution < -0.4 is 5.32 Å². The Labute approximate surface area is 160 Å². The maximum atomic E-state index is 11.0. The van der Waals surface area contributed by atoms with Crippen molar-refractivity contribution < 1.29 is 9.90 Å². The quantitative estimate of drug-likeness (QED) is 0.701. The first kappa shape index (κ1) is 18.6. The lowest BCUT2D eigenvalue weighted by Gasteiger charge is -2.42. The van der Waals surface area contributed by atoms with Crippen LogP contribution in [-0.2, 0) is 10.8 Å². The summed E-state index contributed by atoms with van der Waals surface area (Å²) in [6, 6.07) is 13.1. The first-order valence-corrected chi connectivity index (χ1v) is 9.31. The number of carboxylic acid groups (broad SMARTS) is 1. The molecule has 26 heavy (non-hydrogen) atoms. The molecule has 0 saturated heterocycles. The zero-order valence-electron chi connectivity index (χ0n) is 15.7. The van der Waals surface area contributed by atoms with Gasteiger partial charge in [-0.15, -0.1) is 0 Å². The number of aromatic carboxylic acids is 1. The first-order chi connectivity index (χ1) is 12.1. The number of hydrogen-bond donors (Lipinski definition) is 2. The zero-order valence-corrected chi connectivity index (χ0v) is 16.5. The lowest BCUT2D eigenvalue weighted by Crippen LogP contribution is -2.34. The molecule has 0 amide bonds. The van der Waals surface area contributed by atoms with Crippen molar-refractivity contribution >= 4 is 28.9 Å². The monoisotopic (exact) mass is 367 g/mol. The highest BCUT2D eigenvalue weighted by Crippen LogP contribution is 2.45. The van der Waals surface area contributed by atoms with E-state index in [9.17, 15) is 4.79 Å². The molecule has 3 rings (SSSR count). The van der Waals surface area contributed by atoms with E-state index in [-0.39, 0.29) is 16.4 Å². The fourth-order valence-corrected chi connectivity index (χ4v) is 3.87. The number of carbonyl (C=O) groups is 1. The Morgan fingerprint density at radius 1 is 0.923 bits per heavy atom. The molecule has 1 aliphatic rings. The van der Waals surface area contributed by atoms with Crippen LogP contribution in [0.5, 0.6) is 0 Å². The fraction of sp³-hybridized carbons (Fsp3) is 0.364. The molecule has 0 unspecified atom stereocenters. The number of thiocarbonyl (C=S) groups is 1. The average molecular weight is 368 g/mol. The summed E-state index contributed by atoms with van der Waals surface area (Å²) in [5, 5.41) is 12.2. The Balaban J connectivity index is 1.88. The van der Waals surface area contributed by atoms with Gasteiger partial charge in [-0.1, -0.05) is 52.0 Å². The molecule has 0 saturated carbocycles. The second kappa shape index (κ2) is 6.51. The van der Waals surface area contributed by atoms with E-state index in [1.165, 1.54) is 17.5 Å². The molecule has 0 radical (unpaired) electrons. The number of rotatable bonds is 3. The predicted molar refractivity (Wildman–Crippen MR) is 110 cm³/mol. The van der Waals surface area contributed by atoms with E-state index < -0.39 is 5.97 Å². The molecule has 0 heterocycles. The van der Waals surface area contributed by atoms with Crippen LogP contribution in [0, 0.1) is 0 Å². The van der Waals surface area contributed by atoms with E-state index in [0.717, 1.165) is 17.7 Å². The molecule has 0 fully saturated rings. The predicted octanol–water partition coefficient (Wildman–Crippen LogP) is 5.52. The van der Waals surface area contributed by atoms with E-state index in [1.54, 1.807) is 24.3 Å². The second-order valence-electron chi connectivity index (χ2n) is 8.36. The highest BCUT2D eigenvalue weighted by molar-refractivity contribution is 7.81. The molecular formula is C22H25NO2S. The van der Waals surface area contributed by atoms with Crippen LogP contribution in [0.25, 0.3) is 0 Å². The molecule has 3 nitrogen and oxygen atoms in total. The van der Waals surface area contributed by atoms with Crippen molar-refractivity contribution in [1.29, 1.82) is 0 Å². The third kappa shape index (κ3) is 3.51. The maximum Gasteiger partial charge on any atom is 0.335 e. The largest absolute Gasteiger partial charge is 0.478 e. The van der Waals surface area contributed by atoms with E-state index in [1.807, 2.05) is 0 Å². The van der Waals surface area contributed by atoms with Gasteiger partial charge >= 0.3 is 5.97 Å². The van der Waals surface area contributed by atoms with Crippen molar-refractivity contribution in [3.8, 4) is 0 Å². The number of benzene rings is 2. The van der Waals surface area contributed by atoms with Crippen LogP contribution in [0.3, 0.4) is 0 Å². The summed E-state index contributed by atoms with van der Waals surface area (Å²) < 4.78 is 0. The van der Waals surface area contributed by atoms with Crippen LogP contribution in [0.15, 0.2) is 42.5 Å². The Bertz CT molecular complexity index is 866. The van der Waals surface area contributed by atoms with E-state index in [2.05, 4.69) is 51.2 Å². The molecule has 2 aromatic rings. The van der Waals surface area contributed by atoms with Crippen LogP contribution >= 0.6 is 12.2 Å². The van der Waals surface area contributed by atoms with Gasteiger partial charge < -0.3 is 10.4 Å². The third-order valence-corrected chi connectivity index (χ3v) is 5.84. The fourth-order valence-electron chi connectivity index (χ4n) is 3.63. The molecule has 2 N–H and O–H groups in total. The molecule has 1 aliphatic carbocycles. The first-order valence-electron chi connectivity index (χ1n) is 8.90. The van der Waals surface area contributed by atoms with Gasteiger partial charge in [-0.2, -0.15) is 0 Å². The van der Waals surface area contributed by atoms with Gasteiger partial charge in [0.1, 0.15) is 4.99 Å². The Hall–Kier alpha value is -2.20. The smallest absolute Gasteiger partial charge is 0.335 e. The van der Waals surface area contributed by atoms with Gasteiger partial charge in [0.25, 0.3) is 0 Å². The third-order valence-electron chi connectivity index (χ3n) is 5.50. The molecule has 0 aliphatic heterocycles. The number of nitrogens with one attached hydrogen (secondary N) is 1. The van der Waals surface area contributed by atoms with Crippen molar-refractivity contribution in [2.75, 3.05) is 5.32 Å². The van der Waals surface area contributed by atoms with Crippen molar-refractivity contribution in [3.63, 3.8) is 0 Å². The lowest BCUT2D eigenvalue weighted by atomic mass is 9.63. The minimum Gasteiger partial charge on any atom is -0.478 e. The number of anilines is 1. The van der Waals surface area contributed by atoms with E-state index in [0.29, 0.717) is 4.99 Å². The highest BCUT2D eigenvalue weighted by atomic mass is 32.1. The van der Waals surface area contributed by atoms with Crippen LogP contribution in [0.1, 0.15) is 67.6 Å². The normalized spacial score (nSPS) is 17.2. The average Bonchev–Trinajstić information content (AvgIpc) is 2.59. The summed E-state index contributed by atoms with van der Waals surface area (Å²) in [4.78, 5) is 11.6. The Morgan fingerprint density at radius 3 is 2.04 bits per heavy atom. The van der Waals surface area contributed by atoms with Gasteiger partial charge in [0.05, 0.1) is 5.56 Å². The molecule has 2 aromatic carbocycles. The van der Waals surface area contributed by atoms with E-state index in [4.69, 9.17) is 17.3 Å². The van der Waals surface area contributed by atoms with Crippen molar-refractivity contribution in [2.45, 2.75) is 51.4 Å². The van der Waals surface area contributed by atoms with Crippen LogP contribution in [0.4, 0.5) is 5.69 Å². The van der Waals surface area contributed by atoms with Gasteiger partial charge in [-0.3, -0.25) is 0 Å². The topological polar surface area (TPSA) is 49.3 Å². The minimum absolute atomic E-state index is 0.139. The van der Waals surface area contributed by atoms with Gasteiger partial charge in [-0.05, 0) is 65.1 Å². The highest BCUT2D eigenvalue weighted by Gasteiger charge is 2.37. The molecule has 4 heteroatoms. The molecular weight excluding hydrogens is 342 g/mol. The summed E-state index contributed by atoms with van der Waals surface area (Å²) in [6.07, 6.45) is 2.35. The molecule has 0 atom stereocenters. The summed E-state index contributed by atoms with van der Waals surface area (Å²) in [6.45, 7) is 9.21. The summed E-state index contributed by atoms with van der Waals surface area (Å²) >= 11 is 5.60. The number of fused-ring (bicyclic) bond motifs is 1. The van der Waals surface area contributed by atoms with Crippen molar-refractivity contribution in [2.24, 2.45) is 0 Å². The summed E-state index contributed by atoms with van der Waals surface area (Å²) in [7, 11) is 0. The molecule has 136 valence electrons. The SMILES string of the molecule is CC1(C)CCC(C)(C)c2cc(C(=S)Nc3ccc(C(=O)O)cc3)ccc21. The zero-order chi connectivity index (χ0) is 19.1. The van der Waals surface area contributed by atoms with Gasteiger partial charge in [0.2, 0.25) is 0 Å². The second-order valence-corrected chi connectivity index (χ2v) is 8.77. The van der Waals surface area contributed by atoms with Crippen LogP contribution in [-0.4, -0.2) is 16.1 Å². The van der Waals surface area contributed by atoms with Gasteiger partial charge in [-0.25, -0.2) is 4.79 Å². The molecule has 0 spiro atoms. The maximum absolute atomic E-state index is 11.0. The van der Waals surface area contributed by atoms with Gasteiger partial charge in [0.15, 0.2) is 0 Å². The standard InChI is InChI=1S/C22H25NO2S/c1-21(2)11-12-22(3,4)18-13-15(7-10-17(18)21)19(26)23-16-8-5-14(6-9-16)20(24)25/h5-10,13H,11-12H2,1-4H3,(H,23,26)(H,24,25). The molecule has 0 bridgehead atoms. The summed E-state index contributed by atoms with van der Waals surface area (Å²) in [5.74, 6) is -0.932. The van der Waals surface area contributed by atoms with Gasteiger partial charge in [0, 0.05) is 11.3 Å². The van der Waals surface area contributed by atoms with Crippen molar-refractivity contribution in [1.82, 2.24) is 0 Å². The van der Waals surface area contributed by atoms with Crippen LogP contribution in [0.2, 0.25) is 0 Å². The Morgan fingerprint density at radius 2 is 1.46 bits per heavy atom. The van der Waals surface area contributed by atoms with E-state index >= 15 is 0 Å². The summed E-state index contributed by atoms with van der Waals surface area (Å²) in [5.41, 5.74) is 5.15. The Kier molecular flexibility index (Phi) is 4.65. The molecule has 0 aromatic heterocycles. The van der Waals surface area contributed by atoms with Crippen molar-refractivity contribution in [3.05, 3.63) is 64.7 Å². The number of hydrogen-bond acceptors (Lipinski definition) is 2. The minimum atomic E-state index is -0.932.